The maximum Gasteiger partial charge on any atom is 0.242 e. The van der Waals surface area contributed by atoms with Crippen LogP contribution in [0.3, 0.4) is 0 Å². The molecule has 2 rings (SSSR count). The van der Waals surface area contributed by atoms with Crippen LogP contribution in [-0.4, -0.2) is 69.2 Å². The average Bonchev–Trinajstić information content (AvgIpc) is 3.07. The fourth-order valence-corrected chi connectivity index (χ4v) is 3.45. The Kier molecular flexibility index (Phi) is 8.18. The lowest BCUT2D eigenvalue weighted by Gasteiger charge is -2.27. The van der Waals surface area contributed by atoms with Gasteiger partial charge in [-0.3, -0.25) is 9.69 Å². The third kappa shape index (κ3) is 5.84. The molecule has 0 unspecified atom stereocenters. The van der Waals surface area contributed by atoms with Crippen LogP contribution in [-0.2, 0) is 9.53 Å². The zero-order chi connectivity index (χ0) is 17.4. The number of rotatable bonds is 9. The first-order valence-electron chi connectivity index (χ1n) is 8.56. The van der Waals surface area contributed by atoms with Crippen LogP contribution in [0.4, 0.5) is 0 Å². The van der Waals surface area contributed by atoms with Gasteiger partial charge in [0.05, 0.1) is 6.61 Å². The predicted octanol–water partition coefficient (Wildman–Crippen LogP) is 2.28. The average molecular weight is 398 g/mol. The third-order valence-corrected chi connectivity index (χ3v) is 4.88. The van der Waals surface area contributed by atoms with Crippen LogP contribution in [0.25, 0.3) is 0 Å². The molecule has 1 N–H and O–H groups in total. The standard InChI is InChI=1S/C18H28BrN3O2/c1-21(12-13-24-2)11-8-20-18(23)17(22-9-3-4-10-22)15-6-5-7-16(19)14-15/h5-7,14,17H,3-4,8-13H2,1-2H3,(H,20,23)/t17-/m1/s1. The summed E-state index contributed by atoms with van der Waals surface area (Å²) in [5, 5.41) is 3.11. The second-order valence-corrected chi connectivity index (χ2v) is 7.20. The van der Waals surface area contributed by atoms with E-state index in [9.17, 15) is 4.79 Å². The number of hydrogen-bond donors (Lipinski definition) is 1. The second kappa shape index (κ2) is 10.1. The lowest BCUT2D eigenvalue weighted by Crippen LogP contribution is -2.42. The summed E-state index contributed by atoms with van der Waals surface area (Å²) in [5.41, 5.74) is 1.05. The highest BCUT2D eigenvalue weighted by molar-refractivity contribution is 9.10. The zero-order valence-electron chi connectivity index (χ0n) is 14.6. The first-order valence-corrected chi connectivity index (χ1v) is 9.36. The monoisotopic (exact) mass is 397 g/mol. The van der Waals surface area contributed by atoms with Crippen molar-refractivity contribution in [3.63, 3.8) is 0 Å². The van der Waals surface area contributed by atoms with E-state index in [1.165, 1.54) is 0 Å². The first kappa shape index (κ1) is 19.4. The van der Waals surface area contributed by atoms with E-state index in [0.717, 1.165) is 49.1 Å². The predicted molar refractivity (Wildman–Crippen MR) is 100 cm³/mol. The molecule has 0 bridgehead atoms. The molecule has 0 spiro atoms. The summed E-state index contributed by atoms with van der Waals surface area (Å²) in [4.78, 5) is 17.3. The van der Waals surface area contributed by atoms with E-state index in [-0.39, 0.29) is 11.9 Å². The van der Waals surface area contributed by atoms with Crippen molar-refractivity contribution in [1.82, 2.24) is 15.1 Å². The Hall–Kier alpha value is -0.950. The summed E-state index contributed by atoms with van der Waals surface area (Å²) >= 11 is 3.52. The smallest absolute Gasteiger partial charge is 0.242 e. The van der Waals surface area contributed by atoms with E-state index >= 15 is 0 Å². The quantitative estimate of drug-likeness (QED) is 0.693. The van der Waals surface area contributed by atoms with E-state index in [1.54, 1.807) is 7.11 Å². The minimum absolute atomic E-state index is 0.0927. The molecule has 0 saturated carbocycles. The molecular formula is C18H28BrN3O2. The number of amides is 1. The van der Waals surface area contributed by atoms with Gasteiger partial charge in [0.25, 0.3) is 0 Å². The second-order valence-electron chi connectivity index (χ2n) is 6.29. The number of nitrogens with one attached hydrogen (secondary N) is 1. The maximum absolute atomic E-state index is 12.8. The summed E-state index contributed by atoms with van der Waals surface area (Å²) < 4.78 is 6.09. The van der Waals surface area contributed by atoms with Crippen molar-refractivity contribution < 1.29 is 9.53 Å². The van der Waals surface area contributed by atoms with Crippen molar-refractivity contribution in [2.24, 2.45) is 0 Å². The van der Waals surface area contributed by atoms with E-state index in [0.29, 0.717) is 13.2 Å². The number of carbonyl (C=O) groups excluding carboxylic acids is 1. The summed E-state index contributed by atoms with van der Waals surface area (Å²) in [5.74, 6) is 0.0927. The zero-order valence-corrected chi connectivity index (χ0v) is 16.2. The fourth-order valence-electron chi connectivity index (χ4n) is 3.03. The van der Waals surface area contributed by atoms with Crippen molar-refractivity contribution in [2.45, 2.75) is 18.9 Å². The molecule has 1 heterocycles. The number of benzene rings is 1. The van der Waals surface area contributed by atoms with Crippen LogP contribution in [0.5, 0.6) is 0 Å². The molecule has 24 heavy (non-hydrogen) atoms. The van der Waals surface area contributed by atoms with Crippen molar-refractivity contribution in [2.75, 3.05) is 53.5 Å². The normalized spacial score (nSPS) is 16.5. The Morgan fingerprint density at radius 2 is 2.12 bits per heavy atom. The van der Waals surface area contributed by atoms with Crippen LogP contribution in [0, 0.1) is 0 Å². The van der Waals surface area contributed by atoms with Gasteiger partial charge in [0, 0.05) is 31.2 Å². The van der Waals surface area contributed by atoms with Gasteiger partial charge in [0.2, 0.25) is 5.91 Å². The molecule has 1 aromatic rings. The van der Waals surface area contributed by atoms with Crippen molar-refractivity contribution >= 4 is 21.8 Å². The molecule has 134 valence electrons. The Bertz CT molecular complexity index is 521. The Balaban J connectivity index is 1.95. The highest BCUT2D eigenvalue weighted by Gasteiger charge is 2.29. The molecule has 1 amide bonds. The Morgan fingerprint density at radius 3 is 2.79 bits per heavy atom. The Labute approximate surface area is 153 Å². The largest absolute Gasteiger partial charge is 0.383 e. The molecule has 0 aromatic heterocycles. The number of nitrogens with zero attached hydrogens (tertiary/aromatic N) is 2. The number of ether oxygens (including phenoxy) is 1. The van der Waals surface area contributed by atoms with Gasteiger partial charge in [-0.05, 0) is 50.7 Å². The summed E-state index contributed by atoms with van der Waals surface area (Å²) in [6.07, 6.45) is 2.33. The van der Waals surface area contributed by atoms with Gasteiger partial charge >= 0.3 is 0 Å². The highest BCUT2D eigenvalue weighted by Crippen LogP contribution is 2.27. The van der Waals surface area contributed by atoms with Crippen LogP contribution < -0.4 is 5.32 Å². The lowest BCUT2D eigenvalue weighted by atomic mass is 10.0. The molecule has 5 nitrogen and oxygen atoms in total. The van der Waals surface area contributed by atoms with Crippen LogP contribution in [0.2, 0.25) is 0 Å². The SMILES string of the molecule is COCCN(C)CCNC(=O)[C@@H](c1cccc(Br)c1)N1CCCC1. The number of likely N-dealkylation sites (N-methyl/N-ethyl adjacent to an activating group) is 1. The van der Waals surface area contributed by atoms with Gasteiger partial charge in [0.1, 0.15) is 6.04 Å². The van der Waals surface area contributed by atoms with Gasteiger partial charge in [0.15, 0.2) is 0 Å². The molecule has 0 aliphatic carbocycles. The van der Waals surface area contributed by atoms with Crippen molar-refractivity contribution in [3.05, 3.63) is 34.3 Å². The maximum atomic E-state index is 12.8. The van der Waals surface area contributed by atoms with Crippen LogP contribution in [0.1, 0.15) is 24.4 Å². The van der Waals surface area contributed by atoms with E-state index in [2.05, 4.69) is 31.0 Å². The summed E-state index contributed by atoms with van der Waals surface area (Å²) in [7, 11) is 3.74. The molecule has 1 aliphatic heterocycles. The highest BCUT2D eigenvalue weighted by atomic mass is 79.9. The topological polar surface area (TPSA) is 44.8 Å². The van der Waals surface area contributed by atoms with Gasteiger partial charge < -0.3 is 15.0 Å². The third-order valence-electron chi connectivity index (χ3n) is 4.39. The first-order chi connectivity index (χ1) is 11.6. The molecule has 1 saturated heterocycles. The van der Waals surface area contributed by atoms with Gasteiger partial charge in [-0.1, -0.05) is 28.1 Å². The van der Waals surface area contributed by atoms with Crippen LogP contribution in [0.15, 0.2) is 28.7 Å². The molecular weight excluding hydrogens is 370 g/mol. The van der Waals surface area contributed by atoms with Gasteiger partial charge in [-0.25, -0.2) is 0 Å². The minimum atomic E-state index is -0.200. The molecule has 0 radical (unpaired) electrons. The lowest BCUT2D eigenvalue weighted by molar-refractivity contribution is -0.126. The number of hydrogen-bond acceptors (Lipinski definition) is 4. The van der Waals surface area contributed by atoms with E-state index in [1.807, 2.05) is 31.3 Å². The minimum Gasteiger partial charge on any atom is -0.383 e. The molecule has 1 fully saturated rings. The van der Waals surface area contributed by atoms with E-state index in [4.69, 9.17) is 4.74 Å². The van der Waals surface area contributed by atoms with Crippen molar-refractivity contribution in [1.29, 1.82) is 0 Å². The van der Waals surface area contributed by atoms with Crippen LogP contribution >= 0.6 is 15.9 Å². The number of likely N-dealkylation sites (tertiary alicyclic amines) is 1. The van der Waals surface area contributed by atoms with Crippen molar-refractivity contribution in [3.8, 4) is 0 Å². The molecule has 1 aromatic carbocycles. The van der Waals surface area contributed by atoms with Gasteiger partial charge in [-0.15, -0.1) is 0 Å². The number of methoxy groups -OCH3 is 1. The summed E-state index contributed by atoms with van der Waals surface area (Å²) in [6, 6.07) is 7.88. The summed E-state index contributed by atoms with van der Waals surface area (Å²) in [6.45, 7) is 5.01. The van der Waals surface area contributed by atoms with E-state index < -0.39 is 0 Å². The number of carbonyl (C=O) groups is 1. The Morgan fingerprint density at radius 1 is 1.38 bits per heavy atom. The molecule has 1 aliphatic rings. The van der Waals surface area contributed by atoms with Gasteiger partial charge in [-0.2, -0.15) is 0 Å². The molecule has 1 atom stereocenters. The number of halogens is 1. The fraction of sp³-hybridized carbons (Fsp3) is 0.611. The molecule has 6 heteroatoms.